The van der Waals surface area contributed by atoms with Crippen molar-refractivity contribution in [3.8, 4) is 0 Å². The van der Waals surface area contributed by atoms with Gasteiger partial charge in [-0.3, -0.25) is 18.7 Å². The zero-order valence-electron chi connectivity index (χ0n) is 14.2. The van der Waals surface area contributed by atoms with E-state index in [9.17, 15) is 14.4 Å². The maximum atomic E-state index is 12.4. The zero-order chi connectivity index (χ0) is 18.0. The number of fused-ring (bicyclic) bond motifs is 1. The predicted molar refractivity (Wildman–Crippen MR) is 97.9 cm³/mol. The minimum Gasteiger partial charge on any atom is -0.325 e. The first-order valence-corrected chi connectivity index (χ1v) is 8.08. The molecular weight excluding hydrogens is 318 g/mol. The van der Waals surface area contributed by atoms with Gasteiger partial charge in [0.25, 0.3) is 5.56 Å². The fraction of sp³-hybridized carbons (Fsp3) is 0.211. The van der Waals surface area contributed by atoms with E-state index in [2.05, 4.69) is 5.32 Å². The van der Waals surface area contributed by atoms with Crippen LogP contribution in [0.5, 0.6) is 0 Å². The van der Waals surface area contributed by atoms with Crippen molar-refractivity contribution < 1.29 is 4.79 Å². The normalized spacial score (nSPS) is 10.8. The summed E-state index contributed by atoms with van der Waals surface area (Å²) in [4.78, 5) is 37.1. The summed E-state index contributed by atoms with van der Waals surface area (Å²) in [6.45, 7) is 1.88. The fourth-order valence-electron chi connectivity index (χ4n) is 2.81. The molecule has 0 fully saturated rings. The van der Waals surface area contributed by atoms with Crippen LogP contribution >= 0.6 is 0 Å². The van der Waals surface area contributed by atoms with Crippen LogP contribution < -0.4 is 16.6 Å². The average molecular weight is 337 g/mol. The highest BCUT2D eigenvalue weighted by molar-refractivity contribution is 5.91. The van der Waals surface area contributed by atoms with Gasteiger partial charge in [0.1, 0.15) is 6.54 Å². The van der Waals surface area contributed by atoms with Gasteiger partial charge in [-0.15, -0.1) is 0 Å². The Bertz CT molecular complexity index is 1060. The number of hydrogen-bond acceptors (Lipinski definition) is 3. The van der Waals surface area contributed by atoms with Gasteiger partial charge in [0.05, 0.1) is 10.9 Å². The van der Waals surface area contributed by atoms with Crippen molar-refractivity contribution in [3.05, 3.63) is 74.9 Å². The molecule has 0 saturated heterocycles. The first kappa shape index (κ1) is 16.7. The Kier molecular flexibility index (Phi) is 4.52. The molecule has 25 heavy (non-hydrogen) atoms. The Hall–Kier alpha value is -3.15. The quantitative estimate of drug-likeness (QED) is 0.790. The second-order valence-corrected chi connectivity index (χ2v) is 5.85. The van der Waals surface area contributed by atoms with Crippen LogP contribution in [-0.2, 0) is 24.8 Å². The summed E-state index contributed by atoms with van der Waals surface area (Å²) >= 11 is 0. The van der Waals surface area contributed by atoms with Crippen LogP contribution in [0.1, 0.15) is 12.5 Å². The molecular formula is C19H19N3O3. The second-order valence-electron chi connectivity index (χ2n) is 5.85. The maximum absolute atomic E-state index is 12.4. The van der Waals surface area contributed by atoms with Gasteiger partial charge in [0.15, 0.2) is 0 Å². The molecule has 0 aliphatic rings. The Morgan fingerprint density at radius 2 is 1.84 bits per heavy atom. The van der Waals surface area contributed by atoms with E-state index in [4.69, 9.17) is 0 Å². The number of rotatable bonds is 4. The topological polar surface area (TPSA) is 73.1 Å². The summed E-state index contributed by atoms with van der Waals surface area (Å²) in [5.74, 6) is -0.320. The molecule has 2 aromatic carbocycles. The third kappa shape index (κ3) is 3.24. The maximum Gasteiger partial charge on any atom is 0.331 e. The summed E-state index contributed by atoms with van der Waals surface area (Å²) in [5, 5.41) is 3.21. The van der Waals surface area contributed by atoms with Gasteiger partial charge in [-0.05, 0) is 36.2 Å². The second kappa shape index (κ2) is 6.76. The van der Waals surface area contributed by atoms with Gasteiger partial charge in [0, 0.05) is 12.7 Å². The lowest BCUT2D eigenvalue weighted by Gasteiger charge is -2.12. The molecule has 0 aliphatic heterocycles. The molecule has 1 amide bonds. The van der Waals surface area contributed by atoms with E-state index >= 15 is 0 Å². The number of hydrogen-bond donors (Lipinski definition) is 1. The smallest absolute Gasteiger partial charge is 0.325 e. The van der Waals surface area contributed by atoms with E-state index in [-0.39, 0.29) is 18.0 Å². The summed E-state index contributed by atoms with van der Waals surface area (Å²) < 4.78 is 2.34. The van der Waals surface area contributed by atoms with Crippen LogP contribution in [-0.4, -0.2) is 15.0 Å². The summed E-state index contributed by atoms with van der Waals surface area (Å²) in [5.41, 5.74) is 1.37. The molecule has 0 saturated carbocycles. The summed E-state index contributed by atoms with van der Waals surface area (Å²) in [7, 11) is 1.41. The number of carbonyl (C=O) groups excluding carboxylic acids is 1. The van der Waals surface area contributed by atoms with E-state index in [0.29, 0.717) is 16.6 Å². The minimum absolute atomic E-state index is 0.163. The minimum atomic E-state index is -0.513. The van der Waals surface area contributed by atoms with Gasteiger partial charge in [0.2, 0.25) is 5.91 Å². The van der Waals surface area contributed by atoms with Crippen LogP contribution in [0.3, 0.4) is 0 Å². The van der Waals surface area contributed by atoms with Gasteiger partial charge in [-0.25, -0.2) is 4.79 Å². The highest BCUT2D eigenvalue weighted by Crippen LogP contribution is 2.12. The monoisotopic (exact) mass is 337 g/mol. The van der Waals surface area contributed by atoms with Crippen molar-refractivity contribution in [2.24, 2.45) is 7.05 Å². The van der Waals surface area contributed by atoms with Crippen LogP contribution in [0.4, 0.5) is 5.69 Å². The van der Waals surface area contributed by atoms with Crippen molar-refractivity contribution in [1.82, 2.24) is 9.13 Å². The highest BCUT2D eigenvalue weighted by atomic mass is 16.2. The molecule has 0 bridgehead atoms. The standard InChI is InChI=1S/C19H19N3O3/c1-3-13-7-6-8-14(11-13)20-17(23)12-22-16-10-5-4-9-15(16)18(24)21(2)19(22)25/h4-11H,3,12H2,1-2H3,(H,20,23). The van der Waals surface area contributed by atoms with E-state index in [1.165, 1.54) is 11.6 Å². The Balaban J connectivity index is 1.96. The number of anilines is 1. The van der Waals surface area contributed by atoms with Crippen molar-refractivity contribution >= 4 is 22.5 Å². The van der Waals surface area contributed by atoms with Crippen LogP contribution in [0, 0.1) is 0 Å². The third-order valence-electron chi connectivity index (χ3n) is 4.17. The number of carbonyl (C=O) groups is 1. The Morgan fingerprint density at radius 1 is 1.08 bits per heavy atom. The molecule has 0 unspecified atom stereocenters. The molecule has 128 valence electrons. The Labute approximate surface area is 144 Å². The van der Waals surface area contributed by atoms with Crippen molar-refractivity contribution in [2.75, 3.05) is 5.32 Å². The van der Waals surface area contributed by atoms with Gasteiger partial charge < -0.3 is 5.32 Å². The number of benzene rings is 2. The molecule has 0 atom stereocenters. The lowest BCUT2D eigenvalue weighted by Crippen LogP contribution is -2.40. The molecule has 1 heterocycles. The lowest BCUT2D eigenvalue weighted by atomic mass is 10.1. The van der Waals surface area contributed by atoms with E-state index < -0.39 is 5.69 Å². The van der Waals surface area contributed by atoms with E-state index in [0.717, 1.165) is 16.6 Å². The van der Waals surface area contributed by atoms with Gasteiger partial charge in [-0.2, -0.15) is 0 Å². The summed E-state index contributed by atoms with van der Waals surface area (Å²) in [6, 6.07) is 14.4. The van der Waals surface area contributed by atoms with Crippen LogP contribution in [0.25, 0.3) is 10.9 Å². The lowest BCUT2D eigenvalue weighted by molar-refractivity contribution is -0.116. The zero-order valence-corrected chi connectivity index (χ0v) is 14.2. The highest BCUT2D eigenvalue weighted by Gasteiger charge is 2.13. The molecule has 0 radical (unpaired) electrons. The van der Waals surface area contributed by atoms with Gasteiger partial charge >= 0.3 is 5.69 Å². The van der Waals surface area contributed by atoms with Crippen LogP contribution in [0.2, 0.25) is 0 Å². The molecule has 0 aliphatic carbocycles. The SMILES string of the molecule is CCc1cccc(NC(=O)Cn2c(=O)n(C)c(=O)c3ccccc32)c1. The first-order valence-electron chi connectivity index (χ1n) is 8.08. The van der Waals surface area contributed by atoms with Crippen molar-refractivity contribution in [2.45, 2.75) is 19.9 Å². The molecule has 1 N–H and O–H groups in total. The molecule has 3 rings (SSSR count). The number of nitrogens with zero attached hydrogens (tertiary/aromatic N) is 2. The molecule has 6 nitrogen and oxygen atoms in total. The van der Waals surface area contributed by atoms with E-state index in [1.807, 2.05) is 25.1 Å². The molecule has 0 spiro atoms. The molecule has 3 aromatic rings. The molecule has 1 aromatic heterocycles. The van der Waals surface area contributed by atoms with Crippen molar-refractivity contribution in [3.63, 3.8) is 0 Å². The summed E-state index contributed by atoms with van der Waals surface area (Å²) in [6.07, 6.45) is 0.870. The van der Waals surface area contributed by atoms with Crippen molar-refractivity contribution in [1.29, 1.82) is 0 Å². The molecule has 6 heteroatoms. The first-order chi connectivity index (χ1) is 12.0. The Morgan fingerprint density at radius 3 is 2.60 bits per heavy atom. The number of amides is 1. The predicted octanol–water partition coefficient (Wildman–Crippen LogP) is 1.90. The van der Waals surface area contributed by atoms with Gasteiger partial charge in [-0.1, -0.05) is 31.2 Å². The number of nitrogens with one attached hydrogen (secondary N) is 1. The largest absolute Gasteiger partial charge is 0.331 e. The third-order valence-corrected chi connectivity index (χ3v) is 4.17. The van der Waals surface area contributed by atoms with Crippen LogP contribution in [0.15, 0.2) is 58.1 Å². The number of aryl methyl sites for hydroxylation is 1. The number of aromatic nitrogens is 2. The van der Waals surface area contributed by atoms with E-state index in [1.54, 1.807) is 30.3 Å². The average Bonchev–Trinajstić information content (AvgIpc) is 2.63. The fourth-order valence-corrected chi connectivity index (χ4v) is 2.81. The number of para-hydroxylation sites is 1.